The van der Waals surface area contributed by atoms with Crippen molar-refractivity contribution in [3.8, 4) is 67.9 Å². The lowest BCUT2D eigenvalue weighted by Crippen LogP contribution is -2.29. The maximum atomic E-state index is 12.8. The average Bonchev–Trinajstić information content (AvgIpc) is 3.33. The Morgan fingerprint density at radius 1 is 0.600 bits per heavy atom. The molecule has 0 bridgehead atoms. The fraction of sp³-hybridized carbons (Fsp3) is 0.300. The van der Waals surface area contributed by atoms with E-state index in [0.29, 0.717) is 55.8 Å². The summed E-state index contributed by atoms with van der Waals surface area (Å²) in [6.07, 6.45) is -0.989. The highest BCUT2D eigenvalue weighted by molar-refractivity contribution is 8.21. The zero-order valence-corrected chi connectivity index (χ0v) is 38.0. The number of rotatable bonds is 24. The van der Waals surface area contributed by atoms with Crippen LogP contribution in [0.25, 0.3) is 56.4 Å². The Hall–Kier alpha value is -6.36. The van der Waals surface area contributed by atoms with Crippen LogP contribution in [0.15, 0.2) is 127 Å². The lowest BCUT2D eigenvalue weighted by atomic mass is 10.0. The van der Waals surface area contributed by atoms with Gasteiger partial charge in [-0.2, -0.15) is 0 Å². The van der Waals surface area contributed by atoms with Crippen molar-refractivity contribution in [2.24, 2.45) is 0 Å². The van der Waals surface area contributed by atoms with Gasteiger partial charge in [-0.15, -0.1) is 0 Å². The molecule has 6 rings (SSSR count). The maximum absolute atomic E-state index is 12.8. The van der Waals surface area contributed by atoms with Gasteiger partial charge in [0.15, 0.2) is 23.6 Å². The number of nitrogens with one attached hydrogen (secondary N) is 1. The van der Waals surface area contributed by atoms with Gasteiger partial charge in [0.05, 0.1) is 49.5 Å². The molecule has 0 saturated carbocycles. The number of phenolic OH excluding ortho intramolecular Hbond substituents is 1. The smallest absolute Gasteiger partial charge is 0.407 e. The third-order valence-electron chi connectivity index (χ3n) is 9.66. The molecule has 5 aromatic carbocycles. The molecule has 0 aliphatic heterocycles. The number of carbonyl (C=O) groups excluding carboxylic acids is 2. The number of amides is 1. The zero-order chi connectivity index (χ0) is 45.9. The first-order valence-corrected chi connectivity index (χ1v) is 23.3. The SMILES string of the molecule is CCOS(CCCNC(=O)OCCOCCOC(=O)C(C)Oc1ccc(-c2nc(-c3ccc(-c4ccccc4)cc3)nc(-c3ccc(-c4ccccc4)cc3)n2)c(O)c1)(OCC)OCC. The van der Waals surface area contributed by atoms with Crippen LogP contribution in [0.1, 0.15) is 34.1 Å². The van der Waals surface area contributed by atoms with E-state index in [1.54, 1.807) is 19.1 Å². The first-order chi connectivity index (χ1) is 31.7. The fourth-order valence-corrected chi connectivity index (χ4v) is 8.72. The number of ether oxygens (including phenoxy) is 4. The van der Waals surface area contributed by atoms with E-state index in [4.69, 9.17) is 46.4 Å². The van der Waals surface area contributed by atoms with Gasteiger partial charge in [-0.05, 0) is 68.5 Å². The molecule has 0 fully saturated rings. The summed E-state index contributed by atoms with van der Waals surface area (Å²) in [5, 5.41) is 14.0. The minimum atomic E-state index is -2.12. The molecule has 1 heterocycles. The summed E-state index contributed by atoms with van der Waals surface area (Å²) in [6.45, 7) is 9.12. The van der Waals surface area contributed by atoms with Crippen LogP contribution in [-0.2, 0) is 31.6 Å². The number of hydrogen-bond donors (Lipinski definition) is 2. The minimum Gasteiger partial charge on any atom is -0.507 e. The molecule has 1 atom stereocenters. The summed E-state index contributed by atoms with van der Waals surface area (Å²) in [5.74, 6) is 1.11. The second kappa shape index (κ2) is 24.6. The normalized spacial score (nSPS) is 12.0. The van der Waals surface area contributed by atoms with E-state index in [2.05, 4.69) is 29.6 Å². The van der Waals surface area contributed by atoms with Crippen LogP contribution in [-0.4, -0.2) is 96.8 Å². The summed E-state index contributed by atoms with van der Waals surface area (Å²) < 4.78 is 39.1. The molecule has 0 saturated heterocycles. The molecule has 2 N–H and O–H groups in total. The van der Waals surface area contributed by atoms with Crippen LogP contribution >= 0.6 is 10.9 Å². The van der Waals surface area contributed by atoms with Crippen LogP contribution < -0.4 is 10.1 Å². The first kappa shape index (κ1) is 48.1. The maximum Gasteiger partial charge on any atom is 0.407 e. The Labute approximate surface area is 382 Å². The number of hydrogen-bond acceptors (Lipinski definition) is 13. The molecule has 15 heteroatoms. The van der Waals surface area contributed by atoms with Crippen molar-refractivity contribution >= 4 is 22.9 Å². The predicted octanol–water partition coefficient (Wildman–Crippen LogP) is 10.0. The highest BCUT2D eigenvalue weighted by Gasteiger charge is 2.26. The molecule has 65 heavy (non-hydrogen) atoms. The van der Waals surface area contributed by atoms with Gasteiger partial charge in [-0.1, -0.05) is 109 Å². The Morgan fingerprint density at radius 2 is 1.08 bits per heavy atom. The summed E-state index contributed by atoms with van der Waals surface area (Å²) in [6, 6.07) is 40.8. The number of nitrogens with zero attached hydrogens (tertiary/aromatic N) is 3. The third kappa shape index (κ3) is 14.1. The molecule has 342 valence electrons. The van der Waals surface area contributed by atoms with Gasteiger partial charge in [0.2, 0.25) is 0 Å². The predicted molar refractivity (Wildman–Crippen MR) is 252 cm³/mol. The van der Waals surface area contributed by atoms with Gasteiger partial charge >= 0.3 is 12.1 Å². The molecule has 1 aromatic heterocycles. The van der Waals surface area contributed by atoms with Crippen molar-refractivity contribution < 1.29 is 46.2 Å². The van der Waals surface area contributed by atoms with E-state index in [1.165, 1.54) is 6.07 Å². The van der Waals surface area contributed by atoms with Crippen molar-refractivity contribution in [2.45, 2.75) is 40.2 Å². The second-order valence-electron chi connectivity index (χ2n) is 14.3. The summed E-state index contributed by atoms with van der Waals surface area (Å²) in [7, 11) is -2.12. The number of aromatic hydroxyl groups is 1. The Kier molecular flexibility index (Phi) is 18.2. The molecular formula is C50H56N4O10S. The van der Waals surface area contributed by atoms with Gasteiger partial charge < -0.3 is 29.4 Å². The Bertz CT molecular complexity index is 2290. The minimum absolute atomic E-state index is 0.0155. The molecule has 0 aliphatic rings. The van der Waals surface area contributed by atoms with Crippen LogP contribution in [0.4, 0.5) is 4.79 Å². The largest absolute Gasteiger partial charge is 0.507 e. The van der Waals surface area contributed by atoms with E-state index in [-0.39, 0.29) is 43.8 Å². The zero-order valence-electron chi connectivity index (χ0n) is 37.1. The van der Waals surface area contributed by atoms with Gasteiger partial charge in [0.25, 0.3) is 0 Å². The van der Waals surface area contributed by atoms with Crippen molar-refractivity contribution in [3.63, 3.8) is 0 Å². The molecule has 0 spiro atoms. The molecular weight excluding hydrogens is 849 g/mol. The van der Waals surface area contributed by atoms with Crippen molar-refractivity contribution in [2.75, 3.05) is 58.5 Å². The molecule has 0 aliphatic carbocycles. The summed E-state index contributed by atoms with van der Waals surface area (Å²) in [5.41, 5.74) is 6.20. The Balaban J connectivity index is 1.01. The number of alkyl carbamates (subject to hydrolysis) is 1. The standard InChI is InChI=1S/C50H56N4O10S/c1-5-61-65(62-6-2,63-7-3)34-14-29-51-50(57)60-33-31-58-30-32-59-49(56)36(4)64-43-27-28-44(45(55)35-43)48-53-46(41-23-19-39(20-24-41)37-15-10-8-11-16-37)52-47(54-48)42-25-21-40(22-26-42)38-17-12-9-13-18-38/h8-13,15-28,35-36,55H,5-7,14,29-34H2,1-4H3,(H,51,57). The van der Waals surface area contributed by atoms with Crippen LogP contribution in [0.5, 0.6) is 11.5 Å². The number of phenols is 1. The highest BCUT2D eigenvalue weighted by Crippen LogP contribution is 2.51. The van der Waals surface area contributed by atoms with Crippen molar-refractivity contribution in [1.82, 2.24) is 20.3 Å². The fourth-order valence-electron chi connectivity index (χ4n) is 6.59. The topological polar surface area (TPSA) is 170 Å². The molecule has 14 nitrogen and oxygen atoms in total. The third-order valence-corrected chi connectivity index (χ3v) is 12.2. The quantitative estimate of drug-likeness (QED) is 0.0435. The van der Waals surface area contributed by atoms with E-state index in [1.807, 2.05) is 106 Å². The second-order valence-corrected chi connectivity index (χ2v) is 16.5. The molecule has 1 unspecified atom stereocenters. The molecule has 1 amide bonds. The number of benzene rings is 5. The van der Waals surface area contributed by atoms with Gasteiger partial charge in [0.1, 0.15) is 24.7 Å². The van der Waals surface area contributed by atoms with Crippen LogP contribution in [0, 0.1) is 0 Å². The summed E-state index contributed by atoms with van der Waals surface area (Å²) >= 11 is 0. The molecule has 6 aromatic rings. The van der Waals surface area contributed by atoms with Gasteiger partial charge in [-0.3, -0.25) is 12.5 Å². The van der Waals surface area contributed by atoms with E-state index >= 15 is 0 Å². The van der Waals surface area contributed by atoms with Crippen molar-refractivity contribution in [1.29, 1.82) is 0 Å². The van der Waals surface area contributed by atoms with Crippen LogP contribution in [0.2, 0.25) is 0 Å². The van der Waals surface area contributed by atoms with Crippen molar-refractivity contribution in [3.05, 3.63) is 127 Å². The van der Waals surface area contributed by atoms with Crippen LogP contribution in [0.3, 0.4) is 0 Å². The van der Waals surface area contributed by atoms with Gasteiger partial charge in [0, 0.05) is 29.5 Å². The average molecular weight is 905 g/mol. The van der Waals surface area contributed by atoms with E-state index < -0.39 is 29.0 Å². The highest BCUT2D eigenvalue weighted by atomic mass is 32.3. The Morgan fingerprint density at radius 3 is 1.58 bits per heavy atom. The molecule has 0 radical (unpaired) electrons. The van der Waals surface area contributed by atoms with Gasteiger partial charge in [-0.25, -0.2) is 24.5 Å². The number of carbonyl (C=O) groups is 2. The van der Waals surface area contributed by atoms with E-state index in [0.717, 1.165) is 33.4 Å². The lowest BCUT2D eigenvalue weighted by Gasteiger charge is -2.36. The number of aromatic nitrogens is 3. The number of esters is 1. The first-order valence-electron chi connectivity index (χ1n) is 21.7. The summed E-state index contributed by atoms with van der Waals surface area (Å²) in [4.78, 5) is 39.3. The monoisotopic (exact) mass is 904 g/mol. The van der Waals surface area contributed by atoms with E-state index in [9.17, 15) is 14.7 Å². The lowest BCUT2D eigenvalue weighted by molar-refractivity contribution is -0.152.